The number of piperidine rings is 1. The maximum atomic E-state index is 12.5. The second-order valence-electron chi connectivity index (χ2n) is 5.72. The topological polar surface area (TPSA) is 58.2 Å². The monoisotopic (exact) mass is 299 g/mol. The van der Waals surface area contributed by atoms with Crippen molar-refractivity contribution in [2.45, 2.75) is 25.2 Å². The fourth-order valence-electron chi connectivity index (χ4n) is 3.02. The first kappa shape index (κ1) is 14.6. The Hall–Kier alpha value is -2.30. The highest BCUT2D eigenvalue weighted by Gasteiger charge is 2.25. The number of amides is 1. The van der Waals surface area contributed by atoms with Crippen molar-refractivity contribution in [1.82, 2.24) is 15.1 Å². The van der Waals surface area contributed by atoms with E-state index in [2.05, 4.69) is 10.2 Å². The Morgan fingerprint density at radius 3 is 3.14 bits per heavy atom. The normalized spacial score (nSPS) is 18.2. The molecule has 0 aliphatic carbocycles. The number of aromatic nitrogens is 2. The van der Waals surface area contributed by atoms with E-state index in [1.165, 1.54) is 0 Å². The number of nitrogens with zero attached hydrogens (tertiary/aromatic N) is 2. The van der Waals surface area contributed by atoms with Gasteiger partial charge < -0.3 is 9.64 Å². The van der Waals surface area contributed by atoms with E-state index in [1.807, 2.05) is 35.2 Å². The van der Waals surface area contributed by atoms with Gasteiger partial charge in [0.25, 0.3) is 0 Å². The minimum Gasteiger partial charge on any atom is -0.497 e. The van der Waals surface area contributed by atoms with Gasteiger partial charge in [-0.1, -0.05) is 12.1 Å². The van der Waals surface area contributed by atoms with Gasteiger partial charge in [0.15, 0.2) is 0 Å². The van der Waals surface area contributed by atoms with Crippen LogP contribution in [-0.2, 0) is 11.2 Å². The molecule has 0 bridgehead atoms. The second-order valence-corrected chi connectivity index (χ2v) is 5.72. The van der Waals surface area contributed by atoms with Crippen LogP contribution < -0.4 is 4.74 Å². The molecule has 1 aliphatic rings. The van der Waals surface area contributed by atoms with Gasteiger partial charge in [0, 0.05) is 30.9 Å². The van der Waals surface area contributed by atoms with Crippen LogP contribution in [-0.4, -0.2) is 41.2 Å². The van der Waals surface area contributed by atoms with E-state index in [9.17, 15) is 4.79 Å². The number of H-pyrrole nitrogens is 1. The van der Waals surface area contributed by atoms with Crippen molar-refractivity contribution >= 4 is 5.91 Å². The zero-order valence-electron chi connectivity index (χ0n) is 12.8. The molecule has 0 spiro atoms. The van der Waals surface area contributed by atoms with E-state index in [-0.39, 0.29) is 5.91 Å². The molecule has 1 amide bonds. The molecular formula is C17H21N3O2. The van der Waals surface area contributed by atoms with E-state index in [0.717, 1.165) is 42.9 Å². The number of ether oxygens (including phenoxy) is 1. The van der Waals surface area contributed by atoms with Gasteiger partial charge in [-0.15, -0.1) is 0 Å². The fraction of sp³-hybridized carbons (Fsp3) is 0.412. The number of carbonyl (C=O) groups excluding carboxylic acids is 1. The molecule has 1 aromatic carbocycles. The van der Waals surface area contributed by atoms with E-state index in [1.54, 1.807) is 13.3 Å². The molecule has 5 nitrogen and oxygen atoms in total. The summed E-state index contributed by atoms with van der Waals surface area (Å²) in [6.45, 7) is 1.61. The largest absolute Gasteiger partial charge is 0.497 e. The van der Waals surface area contributed by atoms with Crippen molar-refractivity contribution in [2.75, 3.05) is 20.2 Å². The van der Waals surface area contributed by atoms with Gasteiger partial charge in [0.05, 0.1) is 13.5 Å². The highest BCUT2D eigenvalue weighted by molar-refractivity contribution is 5.79. The molecule has 116 valence electrons. The predicted molar refractivity (Wildman–Crippen MR) is 83.8 cm³/mol. The van der Waals surface area contributed by atoms with Gasteiger partial charge in [-0.3, -0.25) is 9.89 Å². The summed E-state index contributed by atoms with van der Waals surface area (Å²) in [6, 6.07) is 9.71. The minimum absolute atomic E-state index is 0.178. The third-order valence-electron chi connectivity index (χ3n) is 4.23. The Labute approximate surface area is 130 Å². The smallest absolute Gasteiger partial charge is 0.227 e. The van der Waals surface area contributed by atoms with Crippen LogP contribution in [0.3, 0.4) is 0 Å². The molecule has 3 rings (SSSR count). The van der Waals surface area contributed by atoms with E-state index in [0.29, 0.717) is 12.3 Å². The number of likely N-dealkylation sites (tertiary alicyclic amines) is 1. The van der Waals surface area contributed by atoms with Crippen molar-refractivity contribution in [3.05, 3.63) is 47.8 Å². The molecule has 1 unspecified atom stereocenters. The Kier molecular flexibility index (Phi) is 4.42. The fourth-order valence-corrected chi connectivity index (χ4v) is 3.02. The SMILES string of the molecule is COc1cccc(CC(=O)N2CCCC(c3ccn[nH]3)C2)c1. The minimum atomic E-state index is 0.178. The Morgan fingerprint density at radius 1 is 1.45 bits per heavy atom. The molecule has 1 atom stereocenters. The number of aromatic amines is 1. The van der Waals surface area contributed by atoms with Crippen molar-refractivity contribution in [1.29, 1.82) is 0 Å². The lowest BCUT2D eigenvalue weighted by Crippen LogP contribution is -2.40. The number of benzene rings is 1. The zero-order valence-corrected chi connectivity index (χ0v) is 12.8. The standard InChI is InChI=1S/C17H21N3O2/c1-22-15-6-2-4-13(10-15)11-17(21)20-9-3-5-14(12-20)16-7-8-18-19-16/h2,4,6-8,10,14H,3,5,9,11-12H2,1H3,(H,18,19). The summed E-state index contributed by atoms with van der Waals surface area (Å²) in [5.41, 5.74) is 2.12. The van der Waals surface area contributed by atoms with Crippen LogP contribution in [0.2, 0.25) is 0 Å². The average Bonchev–Trinajstić information content (AvgIpc) is 3.09. The lowest BCUT2D eigenvalue weighted by atomic mass is 9.94. The first-order valence-electron chi connectivity index (χ1n) is 7.66. The van der Waals surface area contributed by atoms with E-state index in [4.69, 9.17) is 4.74 Å². The van der Waals surface area contributed by atoms with Crippen LogP contribution in [0.25, 0.3) is 0 Å². The Bertz CT molecular complexity index is 625. The first-order valence-corrected chi connectivity index (χ1v) is 7.66. The third kappa shape index (κ3) is 3.30. The van der Waals surface area contributed by atoms with Crippen molar-refractivity contribution < 1.29 is 9.53 Å². The third-order valence-corrected chi connectivity index (χ3v) is 4.23. The molecule has 0 saturated carbocycles. The van der Waals surface area contributed by atoms with Gasteiger partial charge in [-0.2, -0.15) is 5.10 Å². The molecule has 5 heteroatoms. The van der Waals surface area contributed by atoms with Crippen molar-refractivity contribution in [3.63, 3.8) is 0 Å². The number of hydrogen-bond acceptors (Lipinski definition) is 3. The van der Waals surface area contributed by atoms with E-state index < -0.39 is 0 Å². The Morgan fingerprint density at radius 2 is 2.36 bits per heavy atom. The van der Waals surface area contributed by atoms with Gasteiger partial charge in [-0.05, 0) is 36.6 Å². The highest BCUT2D eigenvalue weighted by Crippen LogP contribution is 2.25. The van der Waals surface area contributed by atoms with Gasteiger partial charge in [-0.25, -0.2) is 0 Å². The lowest BCUT2D eigenvalue weighted by molar-refractivity contribution is -0.131. The summed E-state index contributed by atoms with van der Waals surface area (Å²) in [6.07, 6.45) is 4.33. The molecule has 0 radical (unpaired) electrons. The van der Waals surface area contributed by atoms with Gasteiger partial charge >= 0.3 is 0 Å². The molecule has 2 aromatic rings. The van der Waals surface area contributed by atoms with Gasteiger partial charge in [0.2, 0.25) is 5.91 Å². The van der Waals surface area contributed by atoms with Gasteiger partial charge in [0.1, 0.15) is 5.75 Å². The number of methoxy groups -OCH3 is 1. The summed E-state index contributed by atoms with van der Waals surface area (Å²) in [7, 11) is 1.64. The highest BCUT2D eigenvalue weighted by atomic mass is 16.5. The summed E-state index contributed by atoms with van der Waals surface area (Å²) >= 11 is 0. The van der Waals surface area contributed by atoms with Crippen LogP contribution >= 0.6 is 0 Å². The molecular weight excluding hydrogens is 278 g/mol. The van der Waals surface area contributed by atoms with Crippen LogP contribution in [0.1, 0.15) is 30.0 Å². The molecule has 1 fully saturated rings. The van der Waals surface area contributed by atoms with Crippen LogP contribution in [0.4, 0.5) is 0 Å². The molecule has 1 aliphatic heterocycles. The molecule has 1 N–H and O–H groups in total. The molecule has 22 heavy (non-hydrogen) atoms. The molecule has 1 aromatic heterocycles. The zero-order chi connectivity index (χ0) is 15.4. The van der Waals surface area contributed by atoms with E-state index >= 15 is 0 Å². The summed E-state index contributed by atoms with van der Waals surface area (Å²) in [4.78, 5) is 14.5. The quantitative estimate of drug-likeness (QED) is 0.943. The maximum absolute atomic E-state index is 12.5. The summed E-state index contributed by atoms with van der Waals surface area (Å²) in [5.74, 6) is 1.34. The second kappa shape index (κ2) is 6.64. The summed E-state index contributed by atoms with van der Waals surface area (Å²) in [5, 5.41) is 7.04. The Balaban J connectivity index is 1.64. The van der Waals surface area contributed by atoms with Crippen LogP contribution in [0.5, 0.6) is 5.75 Å². The lowest BCUT2D eigenvalue weighted by Gasteiger charge is -2.32. The molecule has 1 saturated heterocycles. The van der Waals surface area contributed by atoms with Crippen molar-refractivity contribution in [2.24, 2.45) is 0 Å². The van der Waals surface area contributed by atoms with Crippen LogP contribution in [0.15, 0.2) is 36.5 Å². The summed E-state index contributed by atoms with van der Waals surface area (Å²) < 4.78 is 5.21. The predicted octanol–water partition coefficient (Wildman–Crippen LogP) is 2.37. The number of carbonyl (C=O) groups is 1. The first-order chi connectivity index (χ1) is 10.8. The number of rotatable bonds is 4. The number of nitrogens with one attached hydrogen (secondary N) is 1. The average molecular weight is 299 g/mol. The van der Waals surface area contributed by atoms with Crippen LogP contribution in [0, 0.1) is 0 Å². The maximum Gasteiger partial charge on any atom is 0.227 e. The van der Waals surface area contributed by atoms with Crippen molar-refractivity contribution in [3.8, 4) is 5.75 Å². The molecule has 2 heterocycles. The number of hydrogen-bond donors (Lipinski definition) is 1.